The molecule has 0 aliphatic heterocycles. The van der Waals surface area contributed by atoms with Gasteiger partial charge >= 0.3 is 0 Å². The molecule has 1 N–H and O–H groups in total. The smallest absolute Gasteiger partial charge is 0.140 e. The Kier molecular flexibility index (Phi) is 4.93. The van der Waals surface area contributed by atoms with Crippen LogP contribution in [0.2, 0.25) is 0 Å². The Morgan fingerprint density at radius 3 is 2.95 bits per heavy atom. The molecule has 0 bridgehead atoms. The zero-order valence-electron chi connectivity index (χ0n) is 11.7. The zero-order chi connectivity index (χ0) is 13.7. The third-order valence-corrected chi connectivity index (χ3v) is 4.03. The Balaban J connectivity index is 1.95. The fraction of sp³-hybridized carbons (Fsp3) is 0.400. The first-order valence-electron chi connectivity index (χ1n) is 6.54. The molecule has 3 nitrogen and oxygen atoms in total. The highest BCUT2D eigenvalue weighted by molar-refractivity contribution is 7.11. The van der Waals surface area contributed by atoms with E-state index in [1.54, 1.807) is 11.3 Å². The van der Waals surface area contributed by atoms with Crippen molar-refractivity contribution >= 4 is 11.3 Å². The molecule has 2 aromatic rings. The number of thiazole rings is 1. The number of hydrogen-bond donors (Lipinski definition) is 1. The van der Waals surface area contributed by atoms with Gasteiger partial charge in [0, 0.05) is 17.6 Å². The van der Waals surface area contributed by atoms with Crippen molar-refractivity contribution in [3.63, 3.8) is 0 Å². The number of benzene rings is 1. The van der Waals surface area contributed by atoms with E-state index in [2.05, 4.69) is 37.1 Å². The van der Waals surface area contributed by atoms with Gasteiger partial charge in [0.1, 0.15) is 17.4 Å². The number of aryl methyl sites for hydroxylation is 1. The van der Waals surface area contributed by atoms with Gasteiger partial charge < -0.3 is 10.1 Å². The molecule has 1 aromatic heterocycles. The number of hydrogen-bond acceptors (Lipinski definition) is 4. The van der Waals surface area contributed by atoms with Crippen LogP contribution in [0.5, 0.6) is 5.75 Å². The molecule has 0 atom stereocenters. The molecule has 0 fully saturated rings. The van der Waals surface area contributed by atoms with Crippen LogP contribution < -0.4 is 10.1 Å². The quantitative estimate of drug-likeness (QED) is 0.877. The standard InChI is InChI=1S/C15H20N2OS/c1-4-16-8-13-9-17-15(19-13)10-18-14-7-5-6-11(2)12(14)3/h5-7,9,16H,4,8,10H2,1-3H3. The van der Waals surface area contributed by atoms with Crippen molar-refractivity contribution in [3.8, 4) is 5.75 Å². The monoisotopic (exact) mass is 276 g/mol. The second-order valence-corrected chi connectivity index (χ2v) is 5.69. The highest BCUT2D eigenvalue weighted by Gasteiger charge is 2.05. The summed E-state index contributed by atoms with van der Waals surface area (Å²) in [5.41, 5.74) is 2.46. The topological polar surface area (TPSA) is 34.2 Å². The molecular weight excluding hydrogens is 256 g/mol. The highest BCUT2D eigenvalue weighted by Crippen LogP contribution is 2.22. The van der Waals surface area contributed by atoms with E-state index >= 15 is 0 Å². The van der Waals surface area contributed by atoms with E-state index in [9.17, 15) is 0 Å². The fourth-order valence-electron chi connectivity index (χ4n) is 1.76. The molecule has 0 saturated heterocycles. The van der Waals surface area contributed by atoms with E-state index in [-0.39, 0.29) is 0 Å². The summed E-state index contributed by atoms with van der Waals surface area (Å²) in [4.78, 5) is 5.64. The zero-order valence-corrected chi connectivity index (χ0v) is 12.5. The van der Waals surface area contributed by atoms with Crippen LogP contribution in [0.15, 0.2) is 24.4 Å². The molecule has 2 rings (SSSR count). The van der Waals surface area contributed by atoms with Crippen LogP contribution in [0.4, 0.5) is 0 Å². The van der Waals surface area contributed by atoms with Crippen LogP contribution in [0.1, 0.15) is 27.9 Å². The molecule has 102 valence electrons. The van der Waals surface area contributed by atoms with Crippen LogP contribution in [-0.2, 0) is 13.2 Å². The van der Waals surface area contributed by atoms with E-state index < -0.39 is 0 Å². The van der Waals surface area contributed by atoms with Crippen LogP contribution in [0.25, 0.3) is 0 Å². The maximum atomic E-state index is 5.85. The van der Waals surface area contributed by atoms with Gasteiger partial charge in [-0.3, -0.25) is 0 Å². The molecule has 0 aliphatic rings. The molecule has 19 heavy (non-hydrogen) atoms. The Morgan fingerprint density at radius 1 is 1.32 bits per heavy atom. The lowest BCUT2D eigenvalue weighted by molar-refractivity contribution is 0.303. The Labute approximate surface area is 118 Å². The van der Waals surface area contributed by atoms with Crippen molar-refractivity contribution < 1.29 is 4.74 Å². The number of rotatable bonds is 6. The Hall–Kier alpha value is -1.39. The molecule has 0 unspecified atom stereocenters. The summed E-state index contributed by atoms with van der Waals surface area (Å²) in [5.74, 6) is 0.948. The van der Waals surface area contributed by atoms with Gasteiger partial charge in [-0.25, -0.2) is 4.98 Å². The third-order valence-electron chi connectivity index (χ3n) is 3.06. The van der Waals surface area contributed by atoms with Gasteiger partial charge in [0.25, 0.3) is 0 Å². The molecule has 1 aromatic carbocycles. The van der Waals surface area contributed by atoms with Crippen molar-refractivity contribution in [2.75, 3.05) is 6.54 Å². The number of aromatic nitrogens is 1. The lowest BCUT2D eigenvalue weighted by Gasteiger charge is -2.09. The second kappa shape index (κ2) is 6.68. The van der Waals surface area contributed by atoms with Gasteiger partial charge in [0.2, 0.25) is 0 Å². The lowest BCUT2D eigenvalue weighted by Crippen LogP contribution is -2.10. The molecule has 0 saturated carbocycles. The van der Waals surface area contributed by atoms with E-state index in [0.29, 0.717) is 6.61 Å². The van der Waals surface area contributed by atoms with Gasteiger partial charge in [-0.15, -0.1) is 11.3 Å². The van der Waals surface area contributed by atoms with Crippen LogP contribution >= 0.6 is 11.3 Å². The number of ether oxygens (including phenoxy) is 1. The molecule has 0 spiro atoms. The summed E-state index contributed by atoms with van der Waals surface area (Å²) >= 11 is 1.70. The van der Waals surface area contributed by atoms with Crippen LogP contribution in [-0.4, -0.2) is 11.5 Å². The lowest BCUT2D eigenvalue weighted by atomic mass is 10.1. The van der Waals surface area contributed by atoms with Gasteiger partial charge in [-0.05, 0) is 37.6 Å². The summed E-state index contributed by atoms with van der Waals surface area (Å²) in [7, 11) is 0. The van der Waals surface area contributed by atoms with Crippen molar-refractivity contribution in [1.29, 1.82) is 0 Å². The minimum absolute atomic E-state index is 0.543. The SMILES string of the molecule is CCNCc1cnc(COc2cccc(C)c2C)s1. The van der Waals surface area contributed by atoms with Gasteiger partial charge in [-0.1, -0.05) is 19.1 Å². The molecule has 0 aliphatic carbocycles. The van der Waals surface area contributed by atoms with Crippen molar-refractivity contribution in [1.82, 2.24) is 10.3 Å². The van der Waals surface area contributed by atoms with E-state index in [0.717, 1.165) is 23.8 Å². The normalized spacial score (nSPS) is 10.7. The van der Waals surface area contributed by atoms with Gasteiger partial charge in [0.15, 0.2) is 0 Å². The predicted octanol–water partition coefficient (Wildman–Crippen LogP) is 3.45. The largest absolute Gasteiger partial charge is 0.486 e. The average molecular weight is 276 g/mol. The predicted molar refractivity (Wildman–Crippen MR) is 79.7 cm³/mol. The molecule has 1 heterocycles. The molecule has 4 heteroatoms. The Morgan fingerprint density at radius 2 is 2.16 bits per heavy atom. The van der Waals surface area contributed by atoms with Gasteiger partial charge in [0.05, 0.1) is 0 Å². The minimum Gasteiger partial charge on any atom is -0.486 e. The van der Waals surface area contributed by atoms with Crippen molar-refractivity contribution in [2.24, 2.45) is 0 Å². The van der Waals surface area contributed by atoms with Crippen LogP contribution in [0, 0.1) is 13.8 Å². The maximum absolute atomic E-state index is 5.85. The molecule has 0 radical (unpaired) electrons. The van der Waals surface area contributed by atoms with Crippen molar-refractivity contribution in [3.05, 3.63) is 45.4 Å². The third kappa shape index (κ3) is 3.78. The number of nitrogens with one attached hydrogen (secondary N) is 1. The first-order valence-corrected chi connectivity index (χ1v) is 7.35. The molecule has 0 amide bonds. The summed E-state index contributed by atoms with van der Waals surface area (Å²) in [6.07, 6.45) is 1.93. The van der Waals surface area contributed by atoms with E-state index in [1.807, 2.05) is 18.3 Å². The summed E-state index contributed by atoms with van der Waals surface area (Å²) in [6, 6.07) is 6.13. The minimum atomic E-state index is 0.543. The molecular formula is C15H20N2OS. The first-order chi connectivity index (χ1) is 9.20. The highest BCUT2D eigenvalue weighted by atomic mass is 32.1. The summed E-state index contributed by atoms with van der Waals surface area (Å²) < 4.78 is 5.85. The van der Waals surface area contributed by atoms with Gasteiger partial charge in [-0.2, -0.15) is 0 Å². The summed E-state index contributed by atoms with van der Waals surface area (Å²) in [5, 5.41) is 4.32. The first kappa shape index (κ1) is 14.0. The van der Waals surface area contributed by atoms with Crippen LogP contribution in [0.3, 0.4) is 0 Å². The average Bonchev–Trinajstić information content (AvgIpc) is 2.86. The fourth-order valence-corrected chi connectivity index (χ4v) is 2.57. The number of nitrogens with zero attached hydrogens (tertiary/aromatic N) is 1. The van der Waals surface area contributed by atoms with E-state index in [1.165, 1.54) is 16.0 Å². The second-order valence-electron chi connectivity index (χ2n) is 4.49. The Bertz CT molecular complexity index is 537. The maximum Gasteiger partial charge on any atom is 0.140 e. The van der Waals surface area contributed by atoms with E-state index in [4.69, 9.17) is 4.74 Å². The summed E-state index contributed by atoms with van der Waals surface area (Å²) in [6.45, 7) is 8.69. The van der Waals surface area contributed by atoms with Crippen molar-refractivity contribution in [2.45, 2.75) is 33.9 Å².